The molecule has 0 radical (unpaired) electrons. The number of amides is 1. The first-order valence-electron chi connectivity index (χ1n) is 7.11. The molecule has 2 heterocycles. The van der Waals surface area contributed by atoms with Gasteiger partial charge in [-0.15, -0.1) is 5.10 Å². The summed E-state index contributed by atoms with van der Waals surface area (Å²) in [5.74, 6) is -0.337. The molecule has 0 saturated carbocycles. The van der Waals surface area contributed by atoms with Crippen LogP contribution in [0.1, 0.15) is 23.1 Å². The van der Waals surface area contributed by atoms with Crippen molar-refractivity contribution in [1.29, 1.82) is 0 Å². The molecule has 0 aliphatic heterocycles. The SMILES string of the molecule is CCn1cc(NC(=O)c2nnn(-c3ccccc3Cl)c2C)cn1. The van der Waals surface area contributed by atoms with Crippen molar-refractivity contribution in [1.82, 2.24) is 24.8 Å². The molecule has 1 aromatic carbocycles. The number of aryl methyl sites for hydroxylation is 1. The van der Waals surface area contributed by atoms with Crippen LogP contribution >= 0.6 is 11.6 Å². The lowest BCUT2D eigenvalue weighted by Gasteiger charge is -2.05. The van der Waals surface area contributed by atoms with Gasteiger partial charge in [0.15, 0.2) is 5.69 Å². The van der Waals surface area contributed by atoms with Crippen LogP contribution in [0, 0.1) is 6.92 Å². The number of carbonyl (C=O) groups is 1. The highest BCUT2D eigenvalue weighted by Crippen LogP contribution is 2.21. The van der Waals surface area contributed by atoms with Gasteiger partial charge in [0.05, 0.1) is 28.3 Å². The van der Waals surface area contributed by atoms with Gasteiger partial charge in [-0.25, -0.2) is 4.68 Å². The molecule has 0 fully saturated rings. The van der Waals surface area contributed by atoms with E-state index in [1.807, 2.05) is 25.1 Å². The quantitative estimate of drug-likeness (QED) is 0.797. The van der Waals surface area contributed by atoms with E-state index in [9.17, 15) is 4.79 Å². The second-order valence-corrected chi connectivity index (χ2v) is 5.33. The van der Waals surface area contributed by atoms with E-state index >= 15 is 0 Å². The van der Waals surface area contributed by atoms with E-state index < -0.39 is 0 Å². The Morgan fingerprint density at radius 2 is 2.13 bits per heavy atom. The highest BCUT2D eigenvalue weighted by molar-refractivity contribution is 6.32. The first-order valence-corrected chi connectivity index (χ1v) is 7.49. The van der Waals surface area contributed by atoms with Gasteiger partial charge in [0, 0.05) is 12.7 Å². The standard InChI is InChI=1S/C15H15ClN6O/c1-3-21-9-11(8-17-21)18-15(23)14-10(2)22(20-19-14)13-7-5-4-6-12(13)16/h4-9H,3H2,1-2H3,(H,18,23). The van der Waals surface area contributed by atoms with Crippen molar-refractivity contribution in [2.45, 2.75) is 20.4 Å². The minimum atomic E-state index is -0.337. The molecular formula is C15H15ClN6O. The number of nitrogens with one attached hydrogen (secondary N) is 1. The monoisotopic (exact) mass is 330 g/mol. The zero-order valence-corrected chi connectivity index (χ0v) is 13.4. The number of aromatic nitrogens is 5. The number of benzene rings is 1. The summed E-state index contributed by atoms with van der Waals surface area (Å²) in [6, 6.07) is 7.26. The lowest BCUT2D eigenvalue weighted by Crippen LogP contribution is -2.14. The largest absolute Gasteiger partial charge is 0.318 e. The van der Waals surface area contributed by atoms with Gasteiger partial charge in [-0.1, -0.05) is 28.9 Å². The van der Waals surface area contributed by atoms with E-state index in [-0.39, 0.29) is 11.6 Å². The van der Waals surface area contributed by atoms with Crippen molar-refractivity contribution in [2.75, 3.05) is 5.32 Å². The minimum Gasteiger partial charge on any atom is -0.318 e. The number of rotatable bonds is 4. The third kappa shape index (κ3) is 2.95. The molecule has 0 aliphatic carbocycles. The number of para-hydroxylation sites is 1. The lowest BCUT2D eigenvalue weighted by molar-refractivity contribution is 0.102. The summed E-state index contributed by atoms with van der Waals surface area (Å²) in [5.41, 5.74) is 2.15. The first-order chi connectivity index (χ1) is 11.1. The molecule has 3 rings (SSSR count). The Morgan fingerprint density at radius 3 is 2.83 bits per heavy atom. The van der Waals surface area contributed by atoms with E-state index in [1.165, 1.54) is 0 Å². The minimum absolute atomic E-state index is 0.245. The number of anilines is 1. The number of hydrogen-bond acceptors (Lipinski definition) is 4. The van der Waals surface area contributed by atoms with Gasteiger partial charge < -0.3 is 5.32 Å². The third-order valence-electron chi connectivity index (χ3n) is 3.41. The van der Waals surface area contributed by atoms with E-state index in [2.05, 4.69) is 20.7 Å². The molecule has 0 spiro atoms. The lowest BCUT2D eigenvalue weighted by atomic mass is 10.3. The predicted molar refractivity (Wildman–Crippen MR) is 87.0 cm³/mol. The summed E-state index contributed by atoms with van der Waals surface area (Å²) >= 11 is 6.17. The number of nitrogens with zero attached hydrogens (tertiary/aromatic N) is 5. The summed E-state index contributed by atoms with van der Waals surface area (Å²) in [5, 5.41) is 15.4. The van der Waals surface area contributed by atoms with Crippen molar-refractivity contribution >= 4 is 23.2 Å². The van der Waals surface area contributed by atoms with Crippen LogP contribution in [0.2, 0.25) is 5.02 Å². The molecule has 118 valence electrons. The molecule has 23 heavy (non-hydrogen) atoms. The van der Waals surface area contributed by atoms with Gasteiger partial charge in [-0.05, 0) is 26.0 Å². The van der Waals surface area contributed by atoms with Crippen LogP contribution in [0.15, 0.2) is 36.7 Å². The molecule has 3 aromatic rings. The average Bonchev–Trinajstić information content (AvgIpc) is 3.14. The molecule has 0 saturated heterocycles. The van der Waals surface area contributed by atoms with Crippen LogP contribution in [0.3, 0.4) is 0 Å². The molecular weight excluding hydrogens is 316 g/mol. The summed E-state index contributed by atoms with van der Waals surface area (Å²) in [4.78, 5) is 12.4. The smallest absolute Gasteiger partial charge is 0.278 e. The molecule has 1 N–H and O–H groups in total. The van der Waals surface area contributed by atoms with Gasteiger partial charge in [0.25, 0.3) is 5.91 Å². The molecule has 0 aliphatic rings. The van der Waals surface area contributed by atoms with Crippen molar-refractivity contribution in [3.8, 4) is 5.69 Å². The maximum Gasteiger partial charge on any atom is 0.278 e. The Kier molecular flexibility index (Phi) is 4.12. The van der Waals surface area contributed by atoms with Crippen LogP contribution in [-0.2, 0) is 6.54 Å². The summed E-state index contributed by atoms with van der Waals surface area (Å²) < 4.78 is 3.27. The number of halogens is 1. The number of carbonyl (C=O) groups excluding carboxylic acids is 1. The zero-order valence-electron chi connectivity index (χ0n) is 12.7. The van der Waals surface area contributed by atoms with E-state index in [0.29, 0.717) is 22.1 Å². The van der Waals surface area contributed by atoms with Gasteiger partial charge in [0.2, 0.25) is 0 Å². The zero-order chi connectivity index (χ0) is 16.4. The van der Waals surface area contributed by atoms with Crippen molar-refractivity contribution in [3.05, 3.63) is 53.1 Å². The Labute approximate surface area is 137 Å². The van der Waals surface area contributed by atoms with Gasteiger partial charge in [-0.3, -0.25) is 9.48 Å². The van der Waals surface area contributed by atoms with Crippen molar-refractivity contribution in [2.24, 2.45) is 0 Å². The normalized spacial score (nSPS) is 10.7. The second kappa shape index (κ2) is 6.21. The fourth-order valence-electron chi connectivity index (χ4n) is 2.18. The molecule has 0 bridgehead atoms. The van der Waals surface area contributed by atoms with E-state index in [4.69, 9.17) is 11.6 Å². The van der Waals surface area contributed by atoms with Crippen LogP contribution < -0.4 is 5.32 Å². The first kappa shape index (κ1) is 15.2. The topological polar surface area (TPSA) is 77.6 Å². The van der Waals surface area contributed by atoms with Crippen molar-refractivity contribution < 1.29 is 4.79 Å². The van der Waals surface area contributed by atoms with Crippen LogP contribution in [-0.4, -0.2) is 30.7 Å². The predicted octanol–water partition coefficient (Wildman–Crippen LogP) is 2.70. The summed E-state index contributed by atoms with van der Waals surface area (Å²) in [6.45, 7) is 4.48. The maximum atomic E-state index is 12.4. The van der Waals surface area contributed by atoms with Gasteiger partial charge in [0.1, 0.15) is 0 Å². The fraction of sp³-hybridized carbons (Fsp3) is 0.200. The molecule has 0 unspecified atom stereocenters. The fourth-order valence-corrected chi connectivity index (χ4v) is 2.40. The maximum absolute atomic E-state index is 12.4. The molecule has 7 nitrogen and oxygen atoms in total. The number of hydrogen-bond donors (Lipinski definition) is 1. The molecule has 0 atom stereocenters. The van der Waals surface area contributed by atoms with E-state index in [0.717, 1.165) is 6.54 Å². The third-order valence-corrected chi connectivity index (χ3v) is 3.73. The van der Waals surface area contributed by atoms with Crippen LogP contribution in [0.4, 0.5) is 5.69 Å². The van der Waals surface area contributed by atoms with Crippen LogP contribution in [0.25, 0.3) is 5.69 Å². The Hall–Kier alpha value is -2.67. The van der Waals surface area contributed by atoms with Gasteiger partial charge >= 0.3 is 0 Å². The molecule has 8 heteroatoms. The second-order valence-electron chi connectivity index (χ2n) is 4.93. The van der Waals surface area contributed by atoms with E-state index in [1.54, 1.807) is 34.7 Å². The molecule has 2 aromatic heterocycles. The Bertz CT molecular complexity index is 853. The average molecular weight is 331 g/mol. The Morgan fingerprint density at radius 1 is 1.35 bits per heavy atom. The van der Waals surface area contributed by atoms with Crippen LogP contribution in [0.5, 0.6) is 0 Å². The highest BCUT2D eigenvalue weighted by atomic mass is 35.5. The molecule has 1 amide bonds. The Balaban J connectivity index is 1.87. The summed E-state index contributed by atoms with van der Waals surface area (Å²) in [7, 11) is 0. The van der Waals surface area contributed by atoms with Crippen molar-refractivity contribution in [3.63, 3.8) is 0 Å². The highest BCUT2D eigenvalue weighted by Gasteiger charge is 2.18. The summed E-state index contributed by atoms with van der Waals surface area (Å²) in [6.07, 6.45) is 3.35. The van der Waals surface area contributed by atoms with Gasteiger partial charge in [-0.2, -0.15) is 5.10 Å².